The van der Waals surface area contributed by atoms with Gasteiger partial charge in [-0.2, -0.15) is 5.10 Å². The summed E-state index contributed by atoms with van der Waals surface area (Å²) in [6.45, 7) is 3.89. The van der Waals surface area contributed by atoms with Crippen molar-refractivity contribution in [3.05, 3.63) is 95.3 Å². The number of para-hydroxylation sites is 4. The lowest BCUT2D eigenvalue weighted by Crippen LogP contribution is -2.16. The Balaban J connectivity index is 1.42. The van der Waals surface area contributed by atoms with E-state index in [9.17, 15) is 9.59 Å². The van der Waals surface area contributed by atoms with Crippen LogP contribution in [0.15, 0.2) is 72.8 Å². The Kier molecular flexibility index (Phi) is 7.14. The summed E-state index contributed by atoms with van der Waals surface area (Å²) >= 11 is 0. The zero-order chi connectivity index (χ0) is 27.5. The van der Waals surface area contributed by atoms with Gasteiger partial charge < -0.3 is 9.47 Å². The van der Waals surface area contributed by atoms with Gasteiger partial charge in [0.25, 0.3) is 5.91 Å². The summed E-state index contributed by atoms with van der Waals surface area (Å²) in [5, 5.41) is 7.62. The molecule has 5 rings (SSSR count). The van der Waals surface area contributed by atoms with Gasteiger partial charge in [0, 0.05) is 17.7 Å². The summed E-state index contributed by atoms with van der Waals surface area (Å²) in [4.78, 5) is 29.6. The maximum absolute atomic E-state index is 13.3. The van der Waals surface area contributed by atoms with E-state index in [2.05, 4.69) is 15.4 Å². The number of amides is 1. The predicted octanol–water partition coefficient (Wildman–Crippen LogP) is 5.19. The summed E-state index contributed by atoms with van der Waals surface area (Å²) in [7, 11) is 3.00. The second-order valence-corrected chi connectivity index (χ2v) is 9.07. The van der Waals surface area contributed by atoms with Crippen molar-refractivity contribution in [3.8, 4) is 17.1 Å². The maximum atomic E-state index is 13.3. The van der Waals surface area contributed by atoms with Crippen LogP contribution in [0.25, 0.3) is 22.4 Å². The van der Waals surface area contributed by atoms with Crippen LogP contribution in [0.4, 0.5) is 5.95 Å². The van der Waals surface area contributed by atoms with Gasteiger partial charge in [0.05, 0.1) is 42.3 Å². The Hall–Kier alpha value is -4.92. The number of nitrogens with zero attached hydrogens (tertiary/aromatic N) is 4. The zero-order valence-corrected chi connectivity index (χ0v) is 22.3. The lowest BCUT2D eigenvalue weighted by Gasteiger charge is -2.14. The molecule has 9 heteroatoms. The summed E-state index contributed by atoms with van der Waals surface area (Å²) in [6.07, 6.45) is 0.848. The van der Waals surface area contributed by atoms with Gasteiger partial charge in [-0.05, 0) is 74.4 Å². The Morgan fingerprint density at radius 2 is 1.64 bits per heavy atom. The smallest absolute Gasteiger partial charge is 0.305 e. The summed E-state index contributed by atoms with van der Waals surface area (Å²) < 4.78 is 14.0. The van der Waals surface area contributed by atoms with Crippen LogP contribution >= 0.6 is 0 Å². The molecule has 9 nitrogen and oxygen atoms in total. The van der Waals surface area contributed by atoms with Crippen LogP contribution in [0.1, 0.15) is 33.7 Å². The molecule has 1 N–H and O–H groups in total. The highest BCUT2D eigenvalue weighted by molar-refractivity contribution is 6.04. The third-order valence-corrected chi connectivity index (χ3v) is 6.73. The Morgan fingerprint density at radius 1 is 0.923 bits per heavy atom. The van der Waals surface area contributed by atoms with Crippen LogP contribution in [0.2, 0.25) is 0 Å². The Morgan fingerprint density at radius 3 is 2.38 bits per heavy atom. The van der Waals surface area contributed by atoms with Crippen molar-refractivity contribution in [2.45, 2.75) is 26.7 Å². The number of carbonyl (C=O) groups excluding carboxylic acids is 2. The number of ether oxygens (including phenoxy) is 2. The number of nitrogens with one attached hydrogen (secondary N) is 1. The lowest BCUT2D eigenvalue weighted by molar-refractivity contribution is -0.140. The number of rotatable bonds is 8. The van der Waals surface area contributed by atoms with Crippen molar-refractivity contribution < 1.29 is 19.1 Å². The number of imidazole rings is 1. The average Bonchev–Trinajstić information content (AvgIpc) is 3.47. The number of fused-ring (bicyclic) bond motifs is 1. The Bertz CT molecular complexity index is 1670. The largest absolute Gasteiger partial charge is 0.495 e. The highest BCUT2D eigenvalue weighted by Gasteiger charge is 2.19. The van der Waals surface area contributed by atoms with Gasteiger partial charge in [0.15, 0.2) is 0 Å². The number of anilines is 1. The van der Waals surface area contributed by atoms with E-state index in [0.717, 1.165) is 39.4 Å². The molecule has 1 amide bonds. The first kappa shape index (κ1) is 25.7. The molecule has 198 valence electrons. The highest BCUT2D eigenvalue weighted by Crippen LogP contribution is 2.31. The molecular weight excluding hydrogens is 494 g/mol. The van der Waals surface area contributed by atoms with Gasteiger partial charge in [-0.25, -0.2) is 9.67 Å². The van der Waals surface area contributed by atoms with E-state index >= 15 is 0 Å². The number of aromatic nitrogens is 4. The van der Waals surface area contributed by atoms with Crippen molar-refractivity contribution >= 4 is 28.9 Å². The van der Waals surface area contributed by atoms with Crippen LogP contribution in [-0.4, -0.2) is 45.4 Å². The number of hydrogen-bond donors (Lipinski definition) is 1. The zero-order valence-electron chi connectivity index (χ0n) is 22.3. The summed E-state index contributed by atoms with van der Waals surface area (Å²) in [5.41, 5.74) is 6.47. The minimum atomic E-state index is -0.292. The maximum Gasteiger partial charge on any atom is 0.305 e. The summed E-state index contributed by atoms with van der Waals surface area (Å²) in [5.74, 6) is 0.510. The third-order valence-electron chi connectivity index (χ3n) is 6.73. The molecule has 5 aromatic rings. The molecule has 0 bridgehead atoms. The molecule has 0 saturated heterocycles. The molecule has 0 aliphatic heterocycles. The quantitative estimate of drug-likeness (QED) is 0.281. The van der Waals surface area contributed by atoms with Crippen LogP contribution in [0, 0.1) is 13.8 Å². The van der Waals surface area contributed by atoms with Gasteiger partial charge in [-0.1, -0.05) is 24.3 Å². The molecule has 0 aliphatic rings. The first-order valence-corrected chi connectivity index (χ1v) is 12.6. The second kappa shape index (κ2) is 10.8. The number of esters is 1. The number of carbonyl (C=O) groups is 2. The van der Waals surface area contributed by atoms with Crippen molar-refractivity contribution in [1.82, 2.24) is 19.3 Å². The third kappa shape index (κ3) is 4.98. The fourth-order valence-corrected chi connectivity index (χ4v) is 4.71. The SMILES string of the molecule is COC(=O)CCc1c(C)nn(-c2ccc(C(=O)Nc3nc4ccccc4n3-c3ccccc3OC)cc2)c1C. The fraction of sp³-hybridized carbons (Fsp3) is 0.200. The minimum Gasteiger partial charge on any atom is -0.495 e. The topological polar surface area (TPSA) is 100 Å². The molecule has 39 heavy (non-hydrogen) atoms. The van der Waals surface area contributed by atoms with Crippen LogP contribution < -0.4 is 10.1 Å². The molecule has 0 fully saturated rings. The molecule has 2 heterocycles. The van der Waals surface area contributed by atoms with E-state index in [4.69, 9.17) is 9.47 Å². The van der Waals surface area contributed by atoms with E-state index in [0.29, 0.717) is 30.1 Å². The van der Waals surface area contributed by atoms with Crippen LogP contribution in [0.5, 0.6) is 5.75 Å². The molecule has 2 aromatic heterocycles. The number of methoxy groups -OCH3 is 2. The van der Waals surface area contributed by atoms with E-state index in [1.54, 1.807) is 19.2 Å². The average molecular weight is 524 g/mol. The summed E-state index contributed by atoms with van der Waals surface area (Å²) in [6, 6.07) is 22.5. The van der Waals surface area contributed by atoms with Gasteiger partial charge in [-0.3, -0.25) is 19.5 Å². The fourth-order valence-electron chi connectivity index (χ4n) is 4.71. The molecule has 0 spiro atoms. The van der Waals surface area contributed by atoms with E-state index in [1.807, 2.05) is 83.8 Å². The standard InChI is InChI=1S/C30H29N5O4/c1-19-23(17-18-28(36)39-4)20(2)35(33-19)22-15-13-21(14-16-22)29(37)32-30-31-24-9-5-6-10-25(24)34(30)26-11-7-8-12-27(26)38-3/h5-16H,17-18H2,1-4H3,(H,31,32,37). The Labute approximate surface area is 226 Å². The molecule has 0 atom stereocenters. The molecule has 0 radical (unpaired) electrons. The van der Waals surface area contributed by atoms with Crippen molar-refractivity contribution in [1.29, 1.82) is 0 Å². The van der Waals surface area contributed by atoms with Gasteiger partial charge in [-0.15, -0.1) is 0 Å². The van der Waals surface area contributed by atoms with E-state index in [1.165, 1.54) is 7.11 Å². The first-order valence-electron chi connectivity index (χ1n) is 12.6. The normalized spacial score (nSPS) is 11.0. The molecule has 0 aliphatic carbocycles. The van der Waals surface area contributed by atoms with Crippen LogP contribution in [-0.2, 0) is 16.0 Å². The van der Waals surface area contributed by atoms with Crippen molar-refractivity contribution in [2.24, 2.45) is 0 Å². The van der Waals surface area contributed by atoms with E-state index < -0.39 is 0 Å². The predicted molar refractivity (Wildman–Crippen MR) is 149 cm³/mol. The van der Waals surface area contributed by atoms with Gasteiger partial charge in [0.2, 0.25) is 5.95 Å². The van der Waals surface area contributed by atoms with Gasteiger partial charge >= 0.3 is 5.97 Å². The van der Waals surface area contributed by atoms with Crippen molar-refractivity contribution in [2.75, 3.05) is 19.5 Å². The van der Waals surface area contributed by atoms with Crippen molar-refractivity contribution in [3.63, 3.8) is 0 Å². The molecule has 0 saturated carbocycles. The monoisotopic (exact) mass is 523 g/mol. The second-order valence-electron chi connectivity index (χ2n) is 9.07. The molecule has 3 aromatic carbocycles. The number of aryl methyl sites for hydroxylation is 1. The molecular formula is C30H29N5O4. The molecule has 0 unspecified atom stereocenters. The minimum absolute atomic E-state index is 0.254. The van der Waals surface area contributed by atoms with Crippen LogP contribution in [0.3, 0.4) is 0 Å². The van der Waals surface area contributed by atoms with Gasteiger partial charge in [0.1, 0.15) is 5.75 Å². The first-order chi connectivity index (χ1) is 18.9. The number of hydrogen-bond acceptors (Lipinski definition) is 6. The lowest BCUT2D eigenvalue weighted by atomic mass is 10.1. The van der Waals surface area contributed by atoms with E-state index in [-0.39, 0.29) is 11.9 Å². The highest BCUT2D eigenvalue weighted by atomic mass is 16.5. The number of benzene rings is 3.